The molecule has 2 aromatic heterocycles. The first-order valence-corrected chi connectivity index (χ1v) is 10.3. The molecule has 0 atom stereocenters. The van der Waals surface area contributed by atoms with Gasteiger partial charge in [-0.2, -0.15) is 0 Å². The van der Waals surface area contributed by atoms with E-state index in [2.05, 4.69) is 34.6 Å². The van der Waals surface area contributed by atoms with Gasteiger partial charge in [0.25, 0.3) is 11.5 Å². The second-order valence-electron chi connectivity index (χ2n) is 7.12. The smallest absolute Gasteiger partial charge is 0.271 e. The Kier molecular flexibility index (Phi) is 5.07. The first-order valence-electron chi connectivity index (χ1n) is 9.49. The third-order valence-corrected chi connectivity index (χ3v) is 6.27. The number of carbonyl (C=O) groups is 1. The SMILES string of the molecule is Cc1ccc(CCNC(=O)c2cnc3sc4c(n3c2=O)CCCCC4)cc1. The predicted octanol–water partition coefficient (Wildman–Crippen LogP) is 3.31. The number of hydrogen-bond acceptors (Lipinski definition) is 4. The molecular weight excluding hydrogens is 358 g/mol. The highest BCUT2D eigenvalue weighted by molar-refractivity contribution is 7.17. The lowest BCUT2D eigenvalue weighted by Gasteiger charge is -2.06. The molecule has 1 amide bonds. The third kappa shape index (κ3) is 3.67. The van der Waals surface area contributed by atoms with E-state index in [0.717, 1.165) is 43.4 Å². The van der Waals surface area contributed by atoms with Crippen molar-refractivity contribution in [1.29, 1.82) is 0 Å². The minimum Gasteiger partial charge on any atom is -0.351 e. The fourth-order valence-electron chi connectivity index (χ4n) is 3.57. The molecular formula is C21H23N3O2S. The number of fused-ring (bicyclic) bond motifs is 3. The molecule has 1 aliphatic rings. The van der Waals surface area contributed by atoms with Crippen LogP contribution in [0.25, 0.3) is 4.96 Å². The van der Waals surface area contributed by atoms with Gasteiger partial charge in [0.15, 0.2) is 4.96 Å². The van der Waals surface area contributed by atoms with Crippen LogP contribution in [0.5, 0.6) is 0 Å². The van der Waals surface area contributed by atoms with E-state index in [0.29, 0.717) is 11.5 Å². The van der Waals surface area contributed by atoms with Crippen LogP contribution >= 0.6 is 11.3 Å². The van der Waals surface area contributed by atoms with Gasteiger partial charge in [-0.3, -0.25) is 14.0 Å². The lowest BCUT2D eigenvalue weighted by atomic mass is 10.1. The highest BCUT2D eigenvalue weighted by Crippen LogP contribution is 2.27. The number of aromatic nitrogens is 2. The zero-order valence-corrected chi connectivity index (χ0v) is 16.3. The van der Waals surface area contributed by atoms with Gasteiger partial charge >= 0.3 is 0 Å². The molecule has 3 aromatic rings. The van der Waals surface area contributed by atoms with Gasteiger partial charge in [0.05, 0.1) is 0 Å². The summed E-state index contributed by atoms with van der Waals surface area (Å²) in [6, 6.07) is 8.24. The molecule has 140 valence electrons. The molecule has 0 unspecified atom stereocenters. The molecule has 0 saturated heterocycles. The second kappa shape index (κ2) is 7.64. The lowest BCUT2D eigenvalue weighted by molar-refractivity contribution is 0.0952. The molecule has 1 N–H and O–H groups in total. The summed E-state index contributed by atoms with van der Waals surface area (Å²) in [7, 11) is 0. The van der Waals surface area contributed by atoms with E-state index in [1.807, 2.05) is 6.92 Å². The average Bonchev–Trinajstić information content (AvgIpc) is 2.86. The molecule has 6 heteroatoms. The van der Waals surface area contributed by atoms with Crippen LogP contribution in [0, 0.1) is 6.92 Å². The van der Waals surface area contributed by atoms with Gasteiger partial charge < -0.3 is 5.32 Å². The minimum atomic E-state index is -0.345. The molecule has 0 saturated carbocycles. The van der Waals surface area contributed by atoms with Crippen LogP contribution in [-0.4, -0.2) is 21.8 Å². The van der Waals surface area contributed by atoms with E-state index in [-0.39, 0.29) is 17.0 Å². The van der Waals surface area contributed by atoms with Crippen molar-refractivity contribution in [1.82, 2.24) is 14.7 Å². The highest BCUT2D eigenvalue weighted by atomic mass is 32.1. The average molecular weight is 382 g/mol. The summed E-state index contributed by atoms with van der Waals surface area (Å²) in [6.45, 7) is 2.54. The fourth-order valence-corrected chi connectivity index (χ4v) is 4.74. The van der Waals surface area contributed by atoms with Gasteiger partial charge in [-0.1, -0.05) is 36.2 Å². The van der Waals surface area contributed by atoms with E-state index in [9.17, 15) is 9.59 Å². The maximum absolute atomic E-state index is 13.0. The number of amides is 1. The zero-order chi connectivity index (χ0) is 18.8. The Balaban J connectivity index is 1.53. The Labute approximate surface area is 162 Å². The summed E-state index contributed by atoms with van der Waals surface area (Å²) in [5, 5.41) is 2.86. The maximum atomic E-state index is 13.0. The highest BCUT2D eigenvalue weighted by Gasteiger charge is 2.20. The standard InChI is InChI=1S/C21H23N3O2S/c1-14-7-9-15(10-8-14)11-12-22-19(25)16-13-23-21-24(20(16)26)17-5-3-2-4-6-18(17)27-21/h7-10,13H,2-6,11-12H2,1H3,(H,22,25). The van der Waals surface area contributed by atoms with E-state index < -0.39 is 0 Å². The van der Waals surface area contributed by atoms with E-state index in [4.69, 9.17) is 0 Å². The van der Waals surface area contributed by atoms with Gasteiger partial charge in [0.2, 0.25) is 0 Å². The lowest BCUT2D eigenvalue weighted by Crippen LogP contribution is -2.33. The van der Waals surface area contributed by atoms with Crippen LogP contribution in [0.1, 0.15) is 51.3 Å². The fraction of sp³-hybridized carbons (Fsp3) is 0.381. The molecule has 0 spiro atoms. The van der Waals surface area contributed by atoms with E-state index in [1.54, 1.807) is 15.7 Å². The number of nitrogens with zero attached hydrogens (tertiary/aromatic N) is 2. The molecule has 2 heterocycles. The summed E-state index contributed by atoms with van der Waals surface area (Å²) in [5.41, 5.74) is 3.31. The van der Waals surface area contributed by atoms with Crippen molar-refractivity contribution in [3.63, 3.8) is 0 Å². The monoisotopic (exact) mass is 381 g/mol. The van der Waals surface area contributed by atoms with Crippen LogP contribution in [0.2, 0.25) is 0 Å². The third-order valence-electron chi connectivity index (χ3n) is 5.12. The van der Waals surface area contributed by atoms with Gasteiger partial charge in [0, 0.05) is 23.3 Å². The Hall–Kier alpha value is -2.47. The van der Waals surface area contributed by atoms with E-state index >= 15 is 0 Å². The predicted molar refractivity (Wildman–Crippen MR) is 108 cm³/mol. The van der Waals surface area contributed by atoms with E-state index in [1.165, 1.54) is 23.1 Å². The summed E-state index contributed by atoms with van der Waals surface area (Å²) < 4.78 is 1.67. The number of nitrogens with one attached hydrogen (secondary N) is 1. The summed E-state index contributed by atoms with van der Waals surface area (Å²) in [6.07, 6.45) is 7.46. The van der Waals surface area contributed by atoms with Crippen LogP contribution < -0.4 is 10.9 Å². The van der Waals surface area contributed by atoms with Crippen LogP contribution in [0.3, 0.4) is 0 Å². The van der Waals surface area contributed by atoms with Crippen molar-refractivity contribution in [3.05, 3.63) is 68.1 Å². The number of aryl methyl sites for hydroxylation is 3. The topological polar surface area (TPSA) is 63.5 Å². The Bertz CT molecular complexity index is 1030. The number of carbonyl (C=O) groups excluding carboxylic acids is 1. The number of benzene rings is 1. The largest absolute Gasteiger partial charge is 0.351 e. The van der Waals surface area contributed by atoms with Crippen molar-refractivity contribution >= 4 is 22.2 Å². The number of hydrogen-bond donors (Lipinski definition) is 1. The van der Waals surface area contributed by atoms with Crippen molar-refractivity contribution in [2.24, 2.45) is 0 Å². The van der Waals surface area contributed by atoms with Gasteiger partial charge in [-0.25, -0.2) is 4.98 Å². The Morgan fingerprint density at radius 1 is 1.19 bits per heavy atom. The number of thiazole rings is 1. The minimum absolute atomic E-state index is 0.126. The van der Waals surface area contributed by atoms with Crippen molar-refractivity contribution in [2.75, 3.05) is 6.54 Å². The Morgan fingerprint density at radius 2 is 1.96 bits per heavy atom. The zero-order valence-electron chi connectivity index (χ0n) is 15.5. The first-order chi connectivity index (χ1) is 13.1. The summed E-state index contributed by atoms with van der Waals surface area (Å²) in [4.78, 5) is 31.8. The van der Waals surface area contributed by atoms with Crippen molar-refractivity contribution in [2.45, 2.75) is 45.4 Å². The molecule has 27 heavy (non-hydrogen) atoms. The van der Waals surface area contributed by atoms with Crippen molar-refractivity contribution in [3.8, 4) is 0 Å². The van der Waals surface area contributed by atoms with Gasteiger partial charge in [-0.05, 0) is 44.6 Å². The maximum Gasteiger partial charge on any atom is 0.271 e. The van der Waals surface area contributed by atoms with Crippen LogP contribution in [0.4, 0.5) is 0 Å². The quantitative estimate of drug-likeness (QED) is 0.705. The van der Waals surface area contributed by atoms with Gasteiger partial charge in [0.1, 0.15) is 5.56 Å². The van der Waals surface area contributed by atoms with Gasteiger partial charge in [-0.15, -0.1) is 11.3 Å². The Morgan fingerprint density at radius 3 is 2.78 bits per heavy atom. The summed E-state index contributed by atoms with van der Waals surface area (Å²) in [5.74, 6) is -0.345. The number of rotatable bonds is 4. The first kappa shape index (κ1) is 17.9. The normalized spacial score (nSPS) is 14.0. The molecule has 1 aromatic carbocycles. The molecule has 4 rings (SSSR count). The summed E-state index contributed by atoms with van der Waals surface area (Å²) >= 11 is 1.58. The molecule has 0 bridgehead atoms. The molecule has 5 nitrogen and oxygen atoms in total. The van der Waals surface area contributed by atoms with Crippen LogP contribution in [0.15, 0.2) is 35.3 Å². The molecule has 0 fully saturated rings. The molecule has 0 aliphatic heterocycles. The van der Waals surface area contributed by atoms with Crippen molar-refractivity contribution < 1.29 is 4.79 Å². The van der Waals surface area contributed by atoms with Crippen LogP contribution in [-0.2, 0) is 19.3 Å². The second-order valence-corrected chi connectivity index (χ2v) is 8.18. The molecule has 0 radical (unpaired) electrons. The molecule has 1 aliphatic carbocycles.